The molecule has 6 heteroatoms. The summed E-state index contributed by atoms with van der Waals surface area (Å²) >= 11 is 6.15. The fourth-order valence-corrected chi connectivity index (χ4v) is 3.07. The predicted molar refractivity (Wildman–Crippen MR) is 110 cm³/mol. The van der Waals surface area contributed by atoms with Gasteiger partial charge < -0.3 is 10.1 Å². The maximum absolute atomic E-state index is 12.7. The van der Waals surface area contributed by atoms with Gasteiger partial charge in [-0.05, 0) is 43.0 Å². The predicted octanol–water partition coefficient (Wildman–Crippen LogP) is 4.52. The fraction of sp³-hybridized carbons (Fsp3) is 0.333. The largest absolute Gasteiger partial charge is 0.495 e. The van der Waals surface area contributed by atoms with Gasteiger partial charge in [-0.25, -0.2) is 0 Å². The van der Waals surface area contributed by atoms with Gasteiger partial charge in [0, 0.05) is 23.7 Å². The SMILES string of the molecule is CCc1cccc(C)c1NC(=O)CN(C(C)=O)c1cc(C)c(Cl)cc1OC. The third kappa shape index (κ3) is 4.80. The second-order valence-electron chi connectivity index (χ2n) is 6.39. The molecule has 27 heavy (non-hydrogen) atoms. The quantitative estimate of drug-likeness (QED) is 0.791. The fourth-order valence-electron chi connectivity index (χ4n) is 2.91. The second-order valence-corrected chi connectivity index (χ2v) is 6.80. The van der Waals surface area contributed by atoms with Gasteiger partial charge in [0.25, 0.3) is 0 Å². The lowest BCUT2D eigenvalue weighted by atomic mass is 10.1. The molecule has 0 bridgehead atoms. The van der Waals surface area contributed by atoms with Crippen LogP contribution in [0.5, 0.6) is 5.75 Å². The molecule has 0 radical (unpaired) electrons. The summed E-state index contributed by atoms with van der Waals surface area (Å²) in [5.74, 6) is -0.0896. The Balaban J connectivity index is 2.32. The number of ether oxygens (including phenoxy) is 1. The third-order valence-electron chi connectivity index (χ3n) is 4.44. The zero-order chi connectivity index (χ0) is 20.1. The highest BCUT2D eigenvalue weighted by atomic mass is 35.5. The molecular formula is C21H25ClN2O3. The lowest BCUT2D eigenvalue weighted by molar-refractivity contribution is -0.120. The van der Waals surface area contributed by atoms with Gasteiger partial charge in [0.2, 0.25) is 11.8 Å². The summed E-state index contributed by atoms with van der Waals surface area (Å²) in [4.78, 5) is 26.3. The molecule has 0 unspecified atom stereocenters. The molecule has 0 saturated carbocycles. The van der Waals surface area contributed by atoms with E-state index < -0.39 is 0 Å². The minimum Gasteiger partial charge on any atom is -0.495 e. The van der Waals surface area contributed by atoms with Crippen LogP contribution in [-0.2, 0) is 16.0 Å². The second kappa shape index (κ2) is 8.91. The number of nitrogens with one attached hydrogen (secondary N) is 1. The summed E-state index contributed by atoms with van der Waals surface area (Å²) in [6, 6.07) is 9.30. The van der Waals surface area contributed by atoms with Gasteiger partial charge in [0.1, 0.15) is 12.3 Å². The van der Waals surface area contributed by atoms with E-state index in [0.717, 1.165) is 28.8 Å². The number of methoxy groups -OCH3 is 1. The number of halogens is 1. The van der Waals surface area contributed by atoms with Gasteiger partial charge in [0.15, 0.2) is 0 Å². The Morgan fingerprint density at radius 1 is 1.19 bits per heavy atom. The molecule has 1 N–H and O–H groups in total. The van der Waals surface area contributed by atoms with Gasteiger partial charge in [-0.3, -0.25) is 14.5 Å². The Labute approximate surface area is 165 Å². The highest BCUT2D eigenvalue weighted by Gasteiger charge is 2.21. The maximum atomic E-state index is 12.7. The number of rotatable bonds is 6. The van der Waals surface area contributed by atoms with Crippen LogP contribution in [0.25, 0.3) is 0 Å². The van der Waals surface area contributed by atoms with Crippen molar-refractivity contribution in [2.45, 2.75) is 34.1 Å². The van der Waals surface area contributed by atoms with Crippen molar-refractivity contribution < 1.29 is 14.3 Å². The van der Waals surface area contributed by atoms with Crippen molar-refractivity contribution in [3.8, 4) is 5.75 Å². The van der Waals surface area contributed by atoms with Gasteiger partial charge in [-0.2, -0.15) is 0 Å². The number of anilines is 2. The molecule has 144 valence electrons. The first-order chi connectivity index (χ1) is 12.8. The molecule has 0 aromatic heterocycles. The summed E-state index contributed by atoms with van der Waals surface area (Å²) < 4.78 is 5.36. The van der Waals surface area contributed by atoms with Crippen molar-refractivity contribution in [2.75, 3.05) is 23.9 Å². The maximum Gasteiger partial charge on any atom is 0.244 e. The summed E-state index contributed by atoms with van der Waals surface area (Å²) in [7, 11) is 1.50. The molecule has 0 aliphatic rings. The van der Waals surface area contributed by atoms with Crippen LogP contribution >= 0.6 is 11.6 Å². The topological polar surface area (TPSA) is 58.6 Å². The molecule has 2 rings (SSSR count). The number of nitrogens with zero attached hydrogens (tertiary/aromatic N) is 1. The van der Waals surface area contributed by atoms with Crippen LogP contribution in [0.2, 0.25) is 5.02 Å². The van der Waals surface area contributed by atoms with Crippen LogP contribution in [0.4, 0.5) is 11.4 Å². The number of amides is 2. The summed E-state index contributed by atoms with van der Waals surface area (Å²) in [5.41, 5.74) is 4.15. The van der Waals surface area contributed by atoms with Crippen molar-refractivity contribution in [3.63, 3.8) is 0 Å². The highest BCUT2D eigenvalue weighted by Crippen LogP contribution is 2.34. The smallest absolute Gasteiger partial charge is 0.244 e. The third-order valence-corrected chi connectivity index (χ3v) is 4.84. The Kier molecular flexibility index (Phi) is 6.86. The molecular weight excluding hydrogens is 364 g/mol. The van der Waals surface area contributed by atoms with E-state index in [4.69, 9.17) is 16.3 Å². The zero-order valence-electron chi connectivity index (χ0n) is 16.4. The molecule has 0 saturated heterocycles. The van der Waals surface area contributed by atoms with Gasteiger partial charge >= 0.3 is 0 Å². The van der Waals surface area contributed by atoms with Crippen LogP contribution in [0, 0.1) is 13.8 Å². The number of hydrogen-bond acceptors (Lipinski definition) is 3. The normalized spacial score (nSPS) is 10.4. The van der Waals surface area contributed by atoms with Gasteiger partial charge in [-0.15, -0.1) is 0 Å². The van der Waals surface area contributed by atoms with E-state index in [1.165, 1.54) is 18.9 Å². The molecule has 2 amide bonds. The van der Waals surface area contributed by atoms with E-state index in [1.54, 1.807) is 12.1 Å². The average Bonchev–Trinajstić information content (AvgIpc) is 2.63. The number of carbonyl (C=O) groups is 2. The molecule has 0 aliphatic carbocycles. The first kappa shape index (κ1) is 20.8. The van der Waals surface area contributed by atoms with Crippen molar-refractivity contribution in [1.82, 2.24) is 0 Å². The Bertz CT molecular complexity index is 865. The summed E-state index contributed by atoms with van der Waals surface area (Å²) in [5, 5.41) is 3.49. The number of hydrogen-bond donors (Lipinski definition) is 1. The van der Waals surface area contributed by atoms with E-state index in [9.17, 15) is 9.59 Å². The Morgan fingerprint density at radius 3 is 2.48 bits per heavy atom. The van der Waals surface area contributed by atoms with E-state index in [0.29, 0.717) is 16.5 Å². The monoisotopic (exact) mass is 388 g/mol. The van der Waals surface area contributed by atoms with Crippen molar-refractivity contribution in [2.24, 2.45) is 0 Å². The number of carbonyl (C=O) groups excluding carboxylic acids is 2. The summed E-state index contributed by atoms with van der Waals surface area (Å²) in [6.45, 7) is 7.12. The van der Waals surface area contributed by atoms with Crippen LogP contribution in [-0.4, -0.2) is 25.5 Å². The minimum atomic E-state index is -0.274. The number of para-hydroxylation sites is 1. The molecule has 0 aliphatic heterocycles. The molecule has 2 aromatic rings. The Hall–Kier alpha value is -2.53. The van der Waals surface area contributed by atoms with Crippen LogP contribution < -0.4 is 15.0 Å². The van der Waals surface area contributed by atoms with Crippen LogP contribution in [0.1, 0.15) is 30.5 Å². The van der Waals surface area contributed by atoms with Crippen molar-refractivity contribution in [1.29, 1.82) is 0 Å². The molecule has 0 heterocycles. The number of benzene rings is 2. The summed E-state index contributed by atoms with van der Waals surface area (Å²) in [6.07, 6.45) is 0.803. The van der Waals surface area contributed by atoms with Gasteiger partial charge in [0.05, 0.1) is 12.8 Å². The van der Waals surface area contributed by atoms with Gasteiger partial charge in [-0.1, -0.05) is 36.7 Å². The van der Waals surface area contributed by atoms with Crippen LogP contribution in [0.15, 0.2) is 30.3 Å². The Morgan fingerprint density at radius 2 is 1.89 bits per heavy atom. The molecule has 5 nitrogen and oxygen atoms in total. The van der Waals surface area contributed by atoms with Crippen molar-refractivity contribution in [3.05, 3.63) is 52.0 Å². The lowest BCUT2D eigenvalue weighted by Gasteiger charge is -2.24. The van der Waals surface area contributed by atoms with E-state index >= 15 is 0 Å². The van der Waals surface area contributed by atoms with E-state index in [1.807, 2.05) is 39.0 Å². The molecule has 0 fully saturated rings. The first-order valence-electron chi connectivity index (χ1n) is 8.79. The highest BCUT2D eigenvalue weighted by molar-refractivity contribution is 6.31. The average molecular weight is 389 g/mol. The van der Waals surface area contributed by atoms with Crippen molar-refractivity contribution >= 4 is 34.8 Å². The standard InChI is InChI=1S/C21H25ClN2O3/c1-6-16-9-7-8-13(2)21(16)23-20(26)12-24(15(4)25)18-10-14(3)17(22)11-19(18)27-5/h7-11H,6,12H2,1-5H3,(H,23,26). The lowest BCUT2D eigenvalue weighted by Crippen LogP contribution is -2.37. The van der Waals surface area contributed by atoms with E-state index in [2.05, 4.69) is 5.32 Å². The molecule has 0 spiro atoms. The zero-order valence-corrected chi connectivity index (χ0v) is 17.1. The molecule has 0 atom stereocenters. The number of aryl methyl sites for hydroxylation is 3. The minimum absolute atomic E-state index is 0.121. The first-order valence-corrected chi connectivity index (χ1v) is 9.16. The molecule has 2 aromatic carbocycles. The van der Waals surface area contributed by atoms with Crippen LogP contribution in [0.3, 0.4) is 0 Å². The van der Waals surface area contributed by atoms with E-state index in [-0.39, 0.29) is 18.4 Å².